The molecule has 0 fully saturated rings. The number of hydrogen-bond acceptors (Lipinski definition) is 8. The minimum atomic E-state index is -4.89. The predicted octanol–water partition coefficient (Wildman–Crippen LogP) is 4.86. The number of benzene rings is 2. The quantitative estimate of drug-likeness (QED) is 0.327. The van der Waals surface area contributed by atoms with Crippen LogP contribution in [0.3, 0.4) is 0 Å². The molecule has 34 heavy (non-hydrogen) atoms. The van der Waals surface area contributed by atoms with Crippen LogP contribution >= 0.6 is 11.6 Å². The molecular weight excluding hydrogens is 480 g/mol. The molecule has 0 bridgehead atoms. The molecule has 1 aromatic heterocycles. The molecule has 1 aliphatic heterocycles. The number of aliphatic hydroxyl groups excluding tert-OH is 1. The molecule has 4 N–H and O–H groups in total. The number of fused-ring (bicyclic) bond motifs is 1. The van der Waals surface area contributed by atoms with E-state index >= 15 is 0 Å². The number of ether oxygens (including phenoxy) is 1. The van der Waals surface area contributed by atoms with E-state index in [1.54, 1.807) is 0 Å². The van der Waals surface area contributed by atoms with Gasteiger partial charge >= 0.3 is 6.36 Å². The number of anilines is 5. The summed E-state index contributed by atoms with van der Waals surface area (Å²) >= 11 is 5.84. The van der Waals surface area contributed by atoms with E-state index in [0.717, 1.165) is 29.6 Å². The van der Waals surface area contributed by atoms with Gasteiger partial charge in [0.1, 0.15) is 5.75 Å². The first-order valence-electron chi connectivity index (χ1n) is 10.1. The van der Waals surface area contributed by atoms with Crippen LogP contribution in [-0.4, -0.2) is 34.6 Å². The van der Waals surface area contributed by atoms with Crippen molar-refractivity contribution in [1.82, 2.24) is 15.4 Å². The van der Waals surface area contributed by atoms with Crippen molar-refractivity contribution in [3.63, 3.8) is 0 Å². The molecular formula is C21H19ClF4N6O2. The Kier molecular flexibility index (Phi) is 6.91. The Morgan fingerprint density at radius 1 is 1.15 bits per heavy atom. The number of hydrazine groups is 1. The zero-order valence-corrected chi connectivity index (χ0v) is 18.2. The Morgan fingerprint density at radius 2 is 1.91 bits per heavy atom. The highest BCUT2D eigenvalue weighted by Crippen LogP contribution is 2.33. The molecule has 13 heteroatoms. The van der Waals surface area contributed by atoms with Gasteiger partial charge in [-0.05, 0) is 48.4 Å². The lowest BCUT2D eigenvalue weighted by molar-refractivity contribution is -0.274. The van der Waals surface area contributed by atoms with E-state index in [1.165, 1.54) is 6.07 Å². The normalized spacial score (nSPS) is 13.1. The topological polar surface area (TPSA) is 94.6 Å². The summed E-state index contributed by atoms with van der Waals surface area (Å²) in [6.07, 6.45) is -3.29. The third-order valence-electron chi connectivity index (χ3n) is 4.79. The van der Waals surface area contributed by atoms with Crippen molar-refractivity contribution in [2.24, 2.45) is 0 Å². The Hall–Kier alpha value is -3.35. The number of aromatic nitrogens is 2. The van der Waals surface area contributed by atoms with Gasteiger partial charge in [0, 0.05) is 31.1 Å². The van der Waals surface area contributed by atoms with Crippen molar-refractivity contribution >= 4 is 40.4 Å². The van der Waals surface area contributed by atoms with Gasteiger partial charge in [-0.2, -0.15) is 4.98 Å². The molecule has 0 atom stereocenters. The molecule has 180 valence electrons. The molecule has 0 amide bonds. The highest BCUT2D eigenvalue weighted by Gasteiger charge is 2.32. The Labute approximate surface area is 196 Å². The lowest BCUT2D eigenvalue weighted by Gasteiger charge is -2.18. The minimum absolute atomic E-state index is 0.100. The van der Waals surface area contributed by atoms with E-state index in [2.05, 4.69) is 30.8 Å². The van der Waals surface area contributed by atoms with Gasteiger partial charge in [-0.1, -0.05) is 11.6 Å². The molecule has 2 aromatic carbocycles. The zero-order chi connectivity index (χ0) is 24.3. The first-order valence-corrected chi connectivity index (χ1v) is 10.5. The van der Waals surface area contributed by atoms with Crippen molar-refractivity contribution in [2.45, 2.75) is 19.3 Å². The monoisotopic (exact) mass is 498 g/mol. The van der Waals surface area contributed by atoms with Crippen molar-refractivity contribution in [2.75, 3.05) is 28.8 Å². The number of alkyl halides is 3. The summed E-state index contributed by atoms with van der Waals surface area (Å²) in [6.45, 7) is 1.38. The second kappa shape index (κ2) is 9.87. The van der Waals surface area contributed by atoms with Crippen molar-refractivity contribution in [3.05, 3.63) is 59.0 Å². The SMILES string of the molecule is OCCCN1NCc2cc(Nc3ncc(F)c(Nc4ccc(OC(F)(F)F)c(Cl)c4)n3)ccc21. The molecule has 0 spiro atoms. The molecule has 8 nitrogen and oxygen atoms in total. The third kappa shape index (κ3) is 5.76. The first kappa shape index (κ1) is 23.8. The van der Waals surface area contributed by atoms with E-state index < -0.39 is 17.9 Å². The summed E-state index contributed by atoms with van der Waals surface area (Å²) in [6, 6.07) is 9.05. The smallest absolute Gasteiger partial charge is 0.404 e. The molecule has 0 unspecified atom stereocenters. The molecule has 3 aromatic rings. The van der Waals surface area contributed by atoms with Gasteiger partial charge in [0.15, 0.2) is 11.6 Å². The third-order valence-corrected chi connectivity index (χ3v) is 5.09. The maximum Gasteiger partial charge on any atom is 0.573 e. The Bertz CT molecular complexity index is 1180. The summed E-state index contributed by atoms with van der Waals surface area (Å²) < 4.78 is 55.3. The van der Waals surface area contributed by atoms with Gasteiger partial charge < -0.3 is 25.5 Å². The summed E-state index contributed by atoms with van der Waals surface area (Å²) in [5.41, 5.74) is 6.14. The maximum atomic E-state index is 14.3. The van der Waals surface area contributed by atoms with Gasteiger partial charge in [0.2, 0.25) is 5.95 Å². The average molecular weight is 499 g/mol. The van der Waals surface area contributed by atoms with Crippen molar-refractivity contribution in [3.8, 4) is 5.75 Å². The van der Waals surface area contributed by atoms with Gasteiger partial charge in [-0.25, -0.2) is 14.8 Å². The highest BCUT2D eigenvalue weighted by atomic mass is 35.5. The second-order valence-electron chi connectivity index (χ2n) is 7.24. The number of rotatable bonds is 8. The van der Waals surface area contributed by atoms with Crippen LogP contribution in [0, 0.1) is 5.82 Å². The fraction of sp³-hybridized carbons (Fsp3) is 0.238. The highest BCUT2D eigenvalue weighted by molar-refractivity contribution is 6.32. The molecule has 0 radical (unpaired) electrons. The second-order valence-corrected chi connectivity index (χ2v) is 7.65. The van der Waals surface area contributed by atoms with Gasteiger partial charge in [0.05, 0.1) is 16.9 Å². The minimum Gasteiger partial charge on any atom is -0.404 e. The summed E-state index contributed by atoms with van der Waals surface area (Å²) in [4.78, 5) is 8.04. The fourth-order valence-corrected chi connectivity index (χ4v) is 3.55. The van der Waals surface area contributed by atoms with E-state index in [4.69, 9.17) is 16.7 Å². The van der Waals surface area contributed by atoms with E-state index in [0.29, 0.717) is 25.2 Å². The van der Waals surface area contributed by atoms with Crippen LogP contribution in [0.25, 0.3) is 0 Å². The predicted molar refractivity (Wildman–Crippen MR) is 119 cm³/mol. The molecule has 1 aliphatic rings. The standard InChI is InChI=1S/C21H19ClF4N6O2/c22-15-9-14(3-5-18(15)34-21(24,25)26)29-19-16(23)11-27-20(31-19)30-13-2-4-17-12(8-13)10-28-32(17)6-1-7-33/h2-5,8-9,11,28,33H,1,6-7,10H2,(H2,27,29,30,31). The summed E-state index contributed by atoms with van der Waals surface area (Å²) in [7, 11) is 0. The van der Waals surface area contributed by atoms with Crippen LogP contribution in [0.15, 0.2) is 42.6 Å². The van der Waals surface area contributed by atoms with E-state index in [-0.39, 0.29) is 29.1 Å². The molecule has 0 saturated carbocycles. The lowest BCUT2D eigenvalue weighted by Crippen LogP contribution is -2.33. The summed E-state index contributed by atoms with van der Waals surface area (Å²) in [5, 5.41) is 16.3. The van der Waals surface area contributed by atoms with Crippen LogP contribution in [0.1, 0.15) is 12.0 Å². The van der Waals surface area contributed by atoms with E-state index in [9.17, 15) is 17.6 Å². The molecule has 2 heterocycles. The molecule has 0 aliphatic carbocycles. The summed E-state index contributed by atoms with van der Waals surface area (Å²) in [5.74, 6) is -1.44. The average Bonchev–Trinajstić information content (AvgIpc) is 3.18. The Balaban J connectivity index is 1.47. The van der Waals surface area contributed by atoms with Gasteiger partial charge in [-0.3, -0.25) is 0 Å². The molecule has 4 rings (SSSR count). The van der Waals surface area contributed by atoms with Crippen LogP contribution in [0.4, 0.5) is 46.4 Å². The molecule has 0 saturated heterocycles. The van der Waals surface area contributed by atoms with Crippen LogP contribution in [0.5, 0.6) is 5.75 Å². The first-order chi connectivity index (χ1) is 16.2. The van der Waals surface area contributed by atoms with Crippen molar-refractivity contribution in [1.29, 1.82) is 0 Å². The number of hydrogen-bond donors (Lipinski definition) is 4. The largest absolute Gasteiger partial charge is 0.573 e. The van der Waals surface area contributed by atoms with Crippen molar-refractivity contribution < 1.29 is 27.4 Å². The zero-order valence-electron chi connectivity index (χ0n) is 17.5. The number of halogens is 5. The van der Waals surface area contributed by atoms with Gasteiger partial charge in [0.25, 0.3) is 0 Å². The van der Waals surface area contributed by atoms with Crippen LogP contribution < -0.4 is 25.8 Å². The Morgan fingerprint density at radius 3 is 2.65 bits per heavy atom. The van der Waals surface area contributed by atoms with Crippen LogP contribution in [-0.2, 0) is 6.54 Å². The maximum absolute atomic E-state index is 14.3. The number of nitrogens with one attached hydrogen (secondary N) is 3. The number of aliphatic hydroxyl groups is 1. The fourth-order valence-electron chi connectivity index (χ4n) is 3.33. The van der Waals surface area contributed by atoms with Crippen LogP contribution in [0.2, 0.25) is 5.02 Å². The van der Waals surface area contributed by atoms with Gasteiger partial charge in [-0.15, -0.1) is 13.2 Å². The number of nitrogens with zero attached hydrogens (tertiary/aromatic N) is 3. The lowest BCUT2D eigenvalue weighted by atomic mass is 10.1. The van der Waals surface area contributed by atoms with E-state index in [1.807, 2.05) is 23.2 Å².